The van der Waals surface area contributed by atoms with Crippen LogP contribution in [0.4, 0.5) is 0 Å². The van der Waals surface area contributed by atoms with Crippen molar-refractivity contribution in [2.45, 2.75) is 106 Å². The molecule has 0 N–H and O–H groups in total. The van der Waals surface area contributed by atoms with Gasteiger partial charge in [0, 0.05) is 0 Å². The third kappa shape index (κ3) is 7.78. The maximum atomic E-state index is 2.49. The normalized spacial score (nSPS) is 11.7. The zero-order chi connectivity index (χ0) is 21.7. The van der Waals surface area contributed by atoms with Crippen molar-refractivity contribution < 1.29 is 25.8 Å². The average molecular weight is 611 g/mol. The maximum absolute atomic E-state index is 2.49. The molecule has 0 amide bonds. The van der Waals surface area contributed by atoms with Gasteiger partial charge in [-0.3, -0.25) is 0 Å². The molecule has 0 heterocycles. The molecule has 1 aliphatic carbocycles. The molecule has 0 saturated heterocycles. The maximum Gasteiger partial charge on any atom is 4.00 e. The van der Waals surface area contributed by atoms with Crippen molar-refractivity contribution in [2.24, 2.45) is 0 Å². The summed E-state index contributed by atoms with van der Waals surface area (Å²) in [6, 6.07) is 9.64. The van der Waals surface area contributed by atoms with Crippen LogP contribution in [0.1, 0.15) is 96.4 Å². The molecule has 1 aliphatic rings. The van der Waals surface area contributed by atoms with Crippen molar-refractivity contribution >= 4 is 10.8 Å². The summed E-state index contributed by atoms with van der Waals surface area (Å²) in [7, 11) is 0. The zero-order valence-electron chi connectivity index (χ0n) is 22.9. The molecule has 0 unspecified atom stereocenters. The molecule has 0 aromatic heterocycles. The minimum atomic E-state index is 0. The van der Waals surface area contributed by atoms with Crippen LogP contribution in [0, 0.1) is 49.5 Å². The van der Waals surface area contributed by atoms with E-state index >= 15 is 0 Å². The van der Waals surface area contributed by atoms with Crippen molar-refractivity contribution in [3.05, 3.63) is 83.6 Å². The largest absolute Gasteiger partial charge is 4.00 e. The van der Waals surface area contributed by atoms with E-state index in [1.54, 1.807) is 22.1 Å². The van der Waals surface area contributed by atoms with Gasteiger partial charge in [-0.25, -0.2) is 0 Å². The molecule has 0 radical (unpaired) electrons. The van der Waals surface area contributed by atoms with Gasteiger partial charge in [-0.05, 0) is 19.3 Å². The smallest absolute Gasteiger partial charge is 0.358 e. The van der Waals surface area contributed by atoms with Gasteiger partial charge in [0.25, 0.3) is 0 Å². The number of rotatable bonds is 7. The second kappa shape index (κ2) is 15.1. The van der Waals surface area contributed by atoms with Crippen LogP contribution in [0.15, 0.2) is 24.3 Å². The van der Waals surface area contributed by atoms with Crippen LogP contribution in [0.2, 0.25) is 0 Å². The van der Waals surface area contributed by atoms with Gasteiger partial charge < -0.3 is 14.9 Å². The molecule has 0 saturated carbocycles. The van der Waals surface area contributed by atoms with Crippen LogP contribution in [0.5, 0.6) is 0 Å². The first-order chi connectivity index (χ1) is 14.4. The van der Waals surface area contributed by atoms with E-state index < -0.39 is 0 Å². The van der Waals surface area contributed by atoms with Gasteiger partial charge in [0.05, 0.1) is 0 Å². The first-order valence-electron chi connectivity index (χ1n) is 12.3. The Morgan fingerprint density at radius 3 is 1.88 bits per heavy atom. The third-order valence-corrected chi connectivity index (χ3v) is 7.69. The van der Waals surface area contributed by atoms with Gasteiger partial charge in [-0.15, -0.1) is 34.5 Å². The molecule has 3 aromatic carbocycles. The fourth-order valence-electron chi connectivity index (χ4n) is 5.06. The van der Waals surface area contributed by atoms with Crippen LogP contribution in [-0.2, 0) is 45.1 Å². The van der Waals surface area contributed by atoms with Crippen LogP contribution in [0.25, 0.3) is 10.8 Å². The Kier molecular flexibility index (Phi) is 14.7. The van der Waals surface area contributed by atoms with E-state index in [-0.39, 0.29) is 40.7 Å². The minimum Gasteiger partial charge on any atom is -0.358 e. The van der Waals surface area contributed by atoms with Gasteiger partial charge in [0.1, 0.15) is 0 Å². The topological polar surface area (TPSA) is 0 Å². The standard InChI is InChI=1S/C20H27.C10H15.2CH3.Hf/c1-2-3-4-5-6-7-9-16-12-13-19-14-17-10-8-11-18(17)15-20(16)19;1-6-7(2)9(4)10(5)8(6)3;;;/h12-15H,2-11H2,1H3;1-5H3;2*1H3;/q4*-1;+4. The second-order valence-electron chi connectivity index (χ2n) is 9.56. The summed E-state index contributed by atoms with van der Waals surface area (Å²) in [5, 5.41) is 3.02. The Morgan fingerprint density at radius 2 is 1.33 bits per heavy atom. The number of hydrogen-bond donors (Lipinski definition) is 0. The first-order valence-corrected chi connectivity index (χ1v) is 12.3. The Hall–Kier alpha value is -0.950. The number of benzene rings is 1. The SMILES string of the molecule is CCCCCCCC[c-]1ccc2cc3c(cc21)CCC3.Cc1c(C)c(C)[c-](C)c1C.[CH3-].[CH3-].[Hf+4]. The first kappa shape index (κ1) is 32.1. The van der Waals surface area contributed by atoms with E-state index in [1.165, 1.54) is 97.4 Å². The molecule has 0 fully saturated rings. The van der Waals surface area contributed by atoms with Gasteiger partial charge in [0.15, 0.2) is 0 Å². The van der Waals surface area contributed by atoms with Crippen molar-refractivity contribution in [1.82, 2.24) is 0 Å². The number of fused-ring (bicyclic) bond motifs is 2. The number of unbranched alkanes of at least 4 members (excludes halogenated alkanes) is 5. The summed E-state index contributed by atoms with van der Waals surface area (Å²) in [5.41, 5.74) is 12.2. The molecular formula is C32H48Hf. The zero-order valence-corrected chi connectivity index (χ0v) is 26.5. The molecular weight excluding hydrogens is 563 g/mol. The van der Waals surface area contributed by atoms with Crippen LogP contribution < -0.4 is 0 Å². The molecule has 33 heavy (non-hydrogen) atoms. The van der Waals surface area contributed by atoms with Crippen molar-refractivity contribution in [3.63, 3.8) is 0 Å². The van der Waals surface area contributed by atoms with Crippen LogP contribution >= 0.6 is 0 Å². The Morgan fingerprint density at radius 1 is 0.788 bits per heavy atom. The predicted octanol–water partition coefficient (Wildman–Crippen LogP) is 9.80. The van der Waals surface area contributed by atoms with Crippen molar-refractivity contribution in [2.75, 3.05) is 0 Å². The predicted molar refractivity (Wildman–Crippen MR) is 147 cm³/mol. The molecule has 0 aliphatic heterocycles. The fraction of sp³-hybridized carbons (Fsp3) is 0.500. The number of hydrogen-bond acceptors (Lipinski definition) is 0. The average Bonchev–Trinajstić information content (AvgIpc) is 3.41. The van der Waals surface area contributed by atoms with Crippen LogP contribution in [0.3, 0.4) is 0 Å². The minimum absolute atomic E-state index is 0. The third-order valence-electron chi connectivity index (χ3n) is 7.69. The summed E-state index contributed by atoms with van der Waals surface area (Å²) >= 11 is 0. The summed E-state index contributed by atoms with van der Waals surface area (Å²) < 4.78 is 0. The molecule has 3 aromatic rings. The van der Waals surface area contributed by atoms with E-state index in [2.05, 4.69) is 65.8 Å². The quantitative estimate of drug-likeness (QED) is 0.142. The van der Waals surface area contributed by atoms with E-state index in [4.69, 9.17) is 0 Å². The fourth-order valence-corrected chi connectivity index (χ4v) is 5.06. The van der Waals surface area contributed by atoms with Crippen molar-refractivity contribution in [1.29, 1.82) is 0 Å². The summed E-state index contributed by atoms with van der Waals surface area (Å²) in [4.78, 5) is 0. The van der Waals surface area contributed by atoms with Gasteiger partial charge in [-0.1, -0.05) is 97.6 Å². The summed E-state index contributed by atoms with van der Waals surface area (Å²) in [6.07, 6.45) is 13.6. The number of aryl methyl sites for hydroxylation is 3. The van der Waals surface area contributed by atoms with Gasteiger partial charge in [-0.2, -0.15) is 33.9 Å². The molecule has 0 atom stereocenters. The Bertz CT molecular complexity index is 886. The Labute approximate surface area is 225 Å². The molecule has 0 spiro atoms. The van der Waals surface area contributed by atoms with Crippen molar-refractivity contribution in [3.8, 4) is 0 Å². The van der Waals surface area contributed by atoms with Gasteiger partial charge >= 0.3 is 25.8 Å². The summed E-state index contributed by atoms with van der Waals surface area (Å²) in [6.45, 7) is 13.3. The summed E-state index contributed by atoms with van der Waals surface area (Å²) in [5.74, 6) is 0. The molecule has 4 rings (SSSR count). The van der Waals surface area contributed by atoms with Crippen LogP contribution in [-0.4, -0.2) is 0 Å². The second-order valence-corrected chi connectivity index (χ2v) is 9.56. The Balaban J connectivity index is 0.000000681. The molecule has 0 nitrogen and oxygen atoms in total. The van der Waals surface area contributed by atoms with E-state index in [1.807, 2.05) is 0 Å². The molecule has 1 heteroatoms. The van der Waals surface area contributed by atoms with E-state index in [0.29, 0.717) is 0 Å². The van der Waals surface area contributed by atoms with E-state index in [9.17, 15) is 0 Å². The molecule has 0 bridgehead atoms. The van der Waals surface area contributed by atoms with E-state index in [0.717, 1.165) is 0 Å². The monoisotopic (exact) mass is 612 g/mol. The molecule has 180 valence electrons. The van der Waals surface area contributed by atoms with Gasteiger partial charge in [0.2, 0.25) is 0 Å².